The van der Waals surface area contributed by atoms with Crippen LogP contribution in [0.4, 0.5) is 15.8 Å². The summed E-state index contributed by atoms with van der Waals surface area (Å²) in [5, 5.41) is 11.5. The molecule has 0 fully saturated rings. The molecule has 0 saturated heterocycles. The number of halogens is 1. The first kappa shape index (κ1) is 14.8. The normalized spacial score (nSPS) is 11.5. The zero-order chi connectivity index (χ0) is 15.4. The number of nitrogens with two attached hydrogens (primary N) is 1. The van der Waals surface area contributed by atoms with Gasteiger partial charge in [0.2, 0.25) is 0 Å². The van der Waals surface area contributed by atoms with Gasteiger partial charge in [-0.3, -0.25) is 0 Å². The highest BCUT2D eigenvalue weighted by atomic mass is 19.1. The third kappa shape index (κ3) is 3.13. The lowest BCUT2D eigenvalue weighted by atomic mass is 10.1. The molecule has 0 heterocycles. The van der Waals surface area contributed by atoms with Crippen molar-refractivity contribution in [2.75, 3.05) is 11.4 Å². The summed E-state index contributed by atoms with van der Waals surface area (Å²) in [7, 11) is 0. The second-order valence-corrected chi connectivity index (χ2v) is 4.73. The minimum Gasteiger partial charge on any atom is -0.409 e. The van der Waals surface area contributed by atoms with Gasteiger partial charge in [0.15, 0.2) is 5.84 Å². The van der Waals surface area contributed by atoms with Crippen LogP contribution in [-0.2, 0) is 0 Å². The molecule has 3 N–H and O–H groups in total. The van der Waals surface area contributed by atoms with Gasteiger partial charge in [-0.05, 0) is 49.7 Å². The molecule has 0 unspecified atom stereocenters. The molecule has 2 aromatic rings. The molecule has 0 aliphatic rings. The molecular weight excluding hydrogens is 269 g/mol. The van der Waals surface area contributed by atoms with Gasteiger partial charge in [-0.1, -0.05) is 17.3 Å². The minimum absolute atomic E-state index is 0.112. The number of amidine groups is 1. The van der Waals surface area contributed by atoms with Gasteiger partial charge in [0.25, 0.3) is 0 Å². The van der Waals surface area contributed by atoms with Crippen LogP contribution < -0.4 is 10.6 Å². The molecule has 0 atom stereocenters. The lowest BCUT2D eigenvalue weighted by Gasteiger charge is -2.24. The predicted octanol–water partition coefficient (Wildman–Crippen LogP) is 3.39. The molecule has 0 saturated carbocycles. The summed E-state index contributed by atoms with van der Waals surface area (Å²) in [6, 6.07) is 12.4. The van der Waals surface area contributed by atoms with Gasteiger partial charge in [0, 0.05) is 17.8 Å². The molecule has 0 bridgehead atoms. The van der Waals surface area contributed by atoms with Crippen LogP contribution in [0.3, 0.4) is 0 Å². The van der Waals surface area contributed by atoms with E-state index < -0.39 is 5.82 Å². The Kier molecular flexibility index (Phi) is 4.42. The summed E-state index contributed by atoms with van der Waals surface area (Å²) in [5.41, 5.74) is 8.31. The molecule has 0 aromatic heterocycles. The number of hydrogen-bond donors (Lipinski definition) is 2. The molecule has 110 valence electrons. The summed E-state index contributed by atoms with van der Waals surface area (Å²) in [6.45, 7) is 4.58. The lowest BCUT2D eigenvalue weighted by Crippen LogP contribution is -2.19. The smallest absolute Gasteiger partial charge is 0.170 e. The van der Waals surface area contributed by atoms with E-state index in [-0.39, 0.29) is 5.84 Å². The third-order valence-electron chi connectivity index (χ3n) is 3.27. The SMILES string of the molecule is CCN(c1cccc(C)c1)c1ccc(/C(N)=N/O)cc1F. The zero-order valence-corrected chi connectivity index (χ0v) is 12.0. The van der Waals surface area contributed by atoms with Gasteiger partial charge in [-0.2, -0.15) is 0 Å². The quantitative estimate of drug-likeness (QED) is 0.392. The van der Waals surface area contributed by atoms with Crippen LogP contribution in [0.25, 0.3) is 0 Å². The van der Waals surface area contributed by atoms with E-state index in [2.05, 4.69) is 5.16 Å². The Bertz CT molecular complexity index is 670. The highest BCUT2D eigenvalue weighted by molar-refractivity contribution is 5.97. The van der Waals surface area contributed by atoms with Crippen molar-refractivity contribution in [2.45, 2.75) is 13.8 Å². The first-order valence-electron chi connectivity index (χ1n) is 6.68. The van der Waals surface area contributed by atoms with Crippen molar-refractivity contribution in [3.05, 3.63) is 59.4 Å². The molecule has 2 aromatic carbocycles. The van der Waals surface area contributed by atoms with Gasteiger partial charge in [-0.25, -0.2) is 4.39 Å². The molecule has 2 rings (SSSR count). The summed E-state index contributed by atoms with van der Waals surface area (Å²) in [4.78, 5) is 1.87. The van der Waals surface area contributed by atoms with Gasteiger partial charge < -0.3 is 15.8 Å². The largest absolute Gasteiger partial charge is 0.409 e. The second kappa shape index (κ2) is 6.26. The molecule has 21 heavy (non-hydrogen) atoms. The maximum atomic E-state index is 14.3. The first-order valence-corrected chi connectivity index (χ1v) is 6.68. The minimum atomic E-state index is -0.414. The fraction of sp³-hybridized carbons (Fsp3) is 0.188. The zero-order valence-electron chi connectivity index (χ0n) is 12.0. The van der Waals surface area contributed by atoms with E-state index in [0.29, 0.717) is 17.8 Å². The van der Waals surface area contributed by atoms with Crippen LogP contribution in [0.15, 0.2) is 47.6 Å². The van der Waals surface area contributed by atoms with Gasteiger partial charge in [-0.15, -0.1) is 0 Å². The number of nitrogens with zero attached hydrogens (tertiary/aromatic N) is 2. The van der Waals surface area contributed by atoms with Crippen molar-refractivity contribution in [1.82, 2.24) is 0 Å². The third-order valence-corrected chi connectivity index (χ3v) is 3.27. The van der Waals surface area contributed by atoms with E-state index in [1.165, 1.54) is 6.07 Å². The van der Waals surface area contributed by atoms with E-state index in [0.717, 1.165) is 11.3 Å². The molecule has 0 aliphatic heterocycles. The maximum Gasteiger partial charge on any atom is 0.170 e. The van der Waals surface area contributed by atoms with Crippen molar-refractivity contribution < 1.29 is 9.60 Å². The average molecular weight is 287 g/mol. The van der Waals surface area contributed by atoms with E-state index in [1.54, 1.807) is 12.1 Å². The Morgan fingerprint density at radius 1 is 1.29 bits per heavy atom. The van der Waals surface area contributed by atoms with Crippen molar-refractivity contribution in [3.63, 3.8) is 0 Å². The molecule has 4 nitrogen and oxygen atoms in total. The molecule has 0 spiro atoms. The molecule has 0 radical (unpaired) electrons. The Labute approximate surface area is 123 Å². The summed E-state index contributed by atoms with van der Waals surface area (Å²) in [5.74, 6) is -0.526. The number of aryl methyl sites for hydroxylation is 1. The second-order valence-electron chi connectivity index (χ2n) is 4.73. The fourth-order valence-corrected chi connectivity index (χ4v) is 2.23. The summed E-state index contributed by atoms with van der Waals surface area (Å²) in [6.07, 6.45) is 0. The Balaban J connectivity index is 2.44. The fourth-order valence-electron chi connectivity index (χ4n) is 2.23. The summed E-state index contributed by atoms with van der Waals surface area (Å²) < 4.78 is 14.3. The van der Waals surface area contributed by atoms with E-state index in [4.69, 9.17) is 10.9 Å². The number of hydrogen-bond acceptors (Lipinski definition) is 3. The Morgan fingerprint density at radius 2 is 2.05 bits per heavy atom. The molecular formula is C16H18FN3O. The molecule has 5 heteroatoms. The number of anilines is 2. The molecule has 0 amide bonds. The van der Waals surface area contributed by atoms with E-state index in [9.17, 15) is 4.39 Å². The number of oxime groups is 1. The van der Waals surface area contributed by atoms with Crippen LogP contribution in [0.5, 0.6) is 0 Å². The van der Waals surface area contributed by atoms with Crippen molar-refractivity contribution in [3.8, 4) is 0 Å². The van der Waals surface area contributed by atoms with Crippen molar-refractivity contribution in [1.29, 1.82) is 0 Å². The maximum absolute atomic E-state index is 14.3. The standard InChI is InChI=1S/C16H18FN3O/c1-3-20(13-6-4-5-11(2)9-13)15-8-7-12(10-14(15)17)16(18)19-21/h4-10,21H,3H2,1-2H3,(H2,18,19). The van der Waals surface area contributed by atoms with Gasteiger partial charge in [0.1, 0.15) is 5.82 Å². The number of rotatable bonds is 4. The first-order chi connectivity index (χ1) is 10.1. The van der Waals surface area contributed by atoms with Crippen LogP contribution in [-0.4, -0.2) is 17.6 Å². The van der Waals surface area contributed by atoms with Crippen LogP contribution in [0.2, 0.25) is 0 Å². The van der Waals surface area contributed by atoms with Gasteiger partial charge >= 0.3 is 0 Å². The van der Waals surface area contributed by atoms with E-state index in [1.807, 2.05) is 43.0 Å². The van der Waals surface area contributed by atoms with Crippen LogP contribution in [0, 0.1) is 12.7 Å². The van der Waals surface area contributed by atoms with Crippen LogP contribution in [0.1, 0.15) is 18.1 Å². The van der Waals surface area contributed by atoms with Crippen LogP contribution >= 0.6 is 0 Å². The average Bonchev–Trinajstić information content (AvgIpc) is 2.49. The monoisotopic (exact) mass is 287 g/mol. The summed E-state index contributed by atoms with van der Waals surface area (Å²) >= 11 is 0. The Hall–Kier alpha value is -2.56. The lowest BCUT2D eigenvalue weighted by molar-refractivity contribution is 0.318. The highest BCUT2D eigenvalue weighted by Crippen LogP contribution is 2.28. The Morgan fingerprint density at radius 3 is 2.62 bits per heavy atom. The topological polar surface area (TPSA) is 61.8 Å². The predicted molar refractivity (Wildman–Crippen MR) is 82.8 cm³/mol. The van der Waals surface area contributed by atoms with Crippen molar-refractivity contribution in [2.24, 2.45) is 10.9 Å². The highest BCUT2D eigenvalue weighted by Gasteiger charge is 2.13. The van der Waals surface area contributed by atoms with E-state index >= 15 is 0 Å². The van der Waals surface area contributed by atoms with Gasteiger partial charge in [0.05, 0.1) is 5.69 Å². The molecule has 0 aliphatic carbocycles. The number of benzene rings is 2. The van der Waals surface area contributed by atoms with Crippen molar-refractivity contribution >= 4 is 17.2 Å².